The first-order chi connectivity index (χ1) is 7.65. The molecule has 1 aromatic rings. The van der Waals surface area contributed by atoms with Gasteiger partial charge in [0.1, 0.15) is 5.76 Å². The molecule has 1 aromatic heterocycles. The lowest BCUT2D eigenvalue weighted by Gasteiger charge is -2.29. The van der Waals surface area contributed by atoms with Crippen LogP contribution in [0.15, 0.2) is 16.5 Å². The zero-order valence-corrected chi connectivity index (χ0v) is 9.61. The normalized spacial score (nSPS) is 22.2. The molecule has 16 heavy (non-hydrogen) atoms. The number of carbonyl (C=O) groups is 1. The van der Waals surface area contributed by atoms with Crippen LogP contribution in [0.1, 0.15) is 36.1 Å². The van der Waals surface area contributed by atoms with E-state index < -0.39 is 5.91 Å². The molecule has 1 unspecified atom stereocenters. The van der Waals surface area contributed by atoms with Crippen molar-refractivity contribution in [3.05, 3.63) is 23.7 Å². The molecular formula is C12H18N2O2. The van der Waals surface area contributed by atoms with Crippen LogP contribution in [-0.2, 0) is 6.54 Å². The van der Waals surface area contributed by atoms with Gasteiger partial charge in [0.2, 0.25) is 0 Å². The Morgan fingerprint density at radius 2 is 2.44 bits per heavy atom. The van der Waals surface area contributed by atoms with E-state index >= 15 is 0 Å². The van der Waals surface area contributed by atoms with E-state index in [1.165, 1.54) is 12.8 Å². The second-order valence-electron chi connectivity index (χ2n) is 4.61. The largest absolute Gasteiger partial charge is 0.455 e. The van der Waals surface area contributed by atoms with E-state index in [4.69, 9.17) is 10.2 Å². The number of hydrogen-bond acceptors (Lipinski definition) is 3. The van der Waals surface area contributed by atoms with Crippen molar-refractivity contribution in [3.63, 3.8) is 0 Å². The molecule has 0 bridgehead atoms. The molecule has 0 radical (unpaired) electrons. The number of hydrogen-bond donors (Lipinski definition) is 1. The fourth-order valence-corrected chi connectivity index (χ4v) is 2.25. The number of primary amides is 1. The van der Waals surface area contributed by atoms with Crippen LogP contribution in [0.3, 0.4) is 0 Å². The molecule has 1 aliphatic heterocycles. The van der Waals surface area contributed by atoms with Gasteiger partial charge in [0, 0.05) is 6.54 Å². The minimum atomic E-state index is -0.502. The molecule has 2 N–H and O–H groups in total. The number of amides is 1. The second kappa shape index (κ2) is 4.70. The zero-order chi connectivity index (χ0) is 11.5. The first-order valence-corrected chi connectivity index (χ1v) is 5.76. The van der Waals surface area contributed by atoms with Crippen molar-refractivity contribution in [3.8, 4) is 0 Å². The molecule has 1 fully saturated rings. The Kier molecular flexibility index (Phi) is 3.29. The zero-order valence-electron chi connectivity index (χ0n) is 9.61. The number of piperidine rings is 1. The van der Waals surface area contributed by atoms with Crippen molar-refractivity contribution in [1.82, 2.24) is 4.90 Å². The van der Waals surface area contributed by atoms with Gasteiger partial charge in [-0.3, -0.25) is 9.69 Å². The summed E-state index contributed by atoms with van der Waals surface area (Å²) >= 11 is 0. The summed E-state index contributed by atoms with van der Waals surface area (Å²) in [7, 11) is 0. The van der Waals surface area contributed by atoms with Gasteiger partial charge in [0.05, 0.1) is 6.54 Å². The molecule has 2 rings (SSSR count). The van der Waals surface area contributed by atoms with Crippen LogP contribution < -0.4 is 5.73 Å². The van der Waals surface area contributed by atoms with Crippen molar-refractivity contribution < 1.29 is 9.21 Å². The van der Waals surface area contributed by atoms with Crippen LogP contribution in [0.5, 0.6) is 0 Å². The van der Waals surface area contributed by atoms with E-state index in [0.29, 0.717) is 0 Å². The summed E-state index contributed by atoms with van der Waals surface area (Å²) in [5, 5.41) is 0. The SMILES string of the molecule is CC1CCCN(Cc2ccc(C(N)=O)o2)C1. The molecule has 4 heteroatoms. The van der Waals surface area contributed by atoms with E-state index in [9.17, 15) is 4.79 Å². The van der Waals surface area contributed by atoms with Crippen molar-refractivity contribution in [2.24, 2.45) is 11.7 Å². The maximum absolute atomic E-state index is 10.9. The number of rotatable bonds is 3. The topological polar surface area (TPSA) is 59.5 Å². The van der Waals surface area contributed by atoms with E-state index in [0.717, 1.165) is 31.3 Å². The van der Waals surface area contributed by atoms with Gasteiger partial charge in [-0.1, -0.05) is 6.92 Å². The summed E-state index contributed by atoms with van der Waals surface area (Å²) in [6, 6.07) is 3.48. The maximum atomic E-state index is 10.9. The molecular weight excluding hydrogens is 204 g/mol. The van der Waals surface area contributed by atoms with Crippen LogP contribution >= 0.6 is 0 Å². The standard InChI is InChI=1S/C12H18N2O2/c1-9-3-2-6-14(7-9)8-10-4-5-11(16-10)12(13)15/h4-5,9H,2-3,6-8H2,1H3,(H2,13,15). The lowest BCUT2D eigenvalue weighted by Crippen LogP contribution is -2.33. The minimum absolute atomic E-state index is 0.250. The van der Waals surface area contributed by atoms with Gasteiger partial charge in [-0.15, -0.1) is 0 Å². The molecule has 0 spiro atoms. The van der Waals surface area contributed by atoms with Gasteiger partial charge >= 0.3 is 0 Å². The van der Waals surface area contributed by atoms with Gasteiger partial charge in [-0.25, -0.2) is 0 Å². The van der Waals surface area contributed by atoms with Crippen LogP contribution in [0.4, 0.5) is 0 Å². The monoisotopic (exact) mass is 222 g/mol. The Bertz CT molecular complexity index is 373. The Balaban J connectivity index is 1.95. The van der Waals surface area contributed by atoms with Crippen LogP contribution in [0, 0.1) is 5.92 Å². The number of nitrogens with two attached hydrogens (primary N) is 1. The number of furan rings is 1. The molecule has 1 amide bonds. The van der Waals surface area contributed by atoms with Gasteiger partial charge in [-0.2, -0.15) is 0 Å². The fraction of sp³-hybridized carbons (Fsp3) is 0.583. The third-order valence-electron chi connectivity index (χ3n) is 3.03. The number of nitrogens with zero attached hydrogens (tertiary/aromatic N) is 1. The molecule has 1 atom stereocenters. The summed E-state index contributed by atoms with van der Waals surface area (Å²) in [6.07, 6.45) is 2.55. The van der Waals surface area contributed by atoms with Crippen molar-refractivity contribution in [1.29, 1.82) is 0 Å². The first kappa shape index (κ1) is 11.2. The van der Waals surface area contributed by atoms with E-state index in [-0.39, 0.29) is 5.76 Å². The van der Waals surface area contributed by atoms with Crippen LogP contribution in [0.25, 0.3) is 0 Å². The molecule has 2 heterocycles. The first-order valence-electron chi connectivity index (χ1n) is 5.76. The minimum Gasteiger partial charge on any atom is -0.455 e. The summed E-state index contributed by atoms with van der Waals surface area (Å²) in [4.78, 5) is 13.2. The summed E-state index contributed by atoms with van der Waals surface area (Å²) in [5.74, 6) is 1.32. The summed E-state index contributed by atoms with van der Waals surface area (Å²) < 4.78 is 5.37. The predicted molar refractivity (Wildman–Crippen MR) is 60.9 cm³/mol. The van der Waals surface area contributed by atoms with Crippen molar-refractivity contribution in [2.75, 3.05) is 13.1 Å². The van der Waals surface area contributed by atoms with Gasteiger partial charge in [0.25, 0.3) is 5.91 Å². The highest BCUT2D eigenvalue weighted by molar-refractivity contribution is 5.89. The van der Waals surface area contributed by atoms with E-state index in [1.807, 2.05) is 6.07 Å². The molecule has 1 saturated heterocycles. The smallest absolute Gasteiger partial charge is 0.284 e. The van der Waals surface area contributed by atoms with Crippen LogP contribution in [-0.4, -0.2) is 23.9 Å². The quantitative estimate of drug-likeness (QED) is 0.845. The highest BCUT2D eigenvalue weighted by Crippen LogP contribution is 2.18. The highest BCUT2D eigenvalue weighted by Gasteiger charge is 2.17. The maximum Gasteiger partial charge on any atom is 0.284 e. The summed E-state index contributed by atoms with van der Waals surface area (Å²) in [6.45, 7) is 5.25. The molecule has 1 aliphatic rings. The Hall–Kier alpha value is -1.29. The van der Waals surface area contributed by atoms with E-state index in [1.54, 1.807) is 6.07 Å². The van der Waals surface area contributed by atoms with Gasteiger partial charge in [0.15, 0.2) is 5.76 Å². The Morgan fingerprint density at radius 3 is 3.06 bits per heavy atom. The number of likely N-dealkylation sites (tertiary alicyclic amines) is 1. The number of carbonyl (C=O) groups excluding carboxylic acids is 1. The summed E-state index contributed by atoms with van der Waals surface area (Å²) in [5.41, 5.74) is 5.14. The fourth-order valence-electron chi connectivity index (χ4n) is 2.25. The Labute approximate surface area is 95.4 Å². The highest BCUT2D eigenvalue weighted by atomic mass is 16.4. The lowest BCUT2D eigenvalue weighted by atomic mass is 10.0. The lowest BCUT2D eigenvalue weighted by molar-refractivity contribution is 0.0967. The Morgan fingerprint density at radius 1 is 1.62 bits per heavy atom. The van der Waals surface area contributed by atoms with Gasteiger partial charge in [-0.05, 0) is 37.4 Å². The van der Waals surface area contributed by atoms with Gasteiger partial charge < -0.3 is 10.2 Å². The molecule has 0 aliphatic carbocycles. The molecule has 0 saturated carbocycles. The van der Waals surface area contributed by atoms with E-state index in [2.05, 4.69) is 11.8 Å². The van der Waals surface area contributed by atoms with Crippen LogP contribution in [0.2, 0.25) is 0 Å². The average molecular weight is 222 g/mol. The predicted octanol–water partition coefficient (Wildman–Crippen LogP) is 1.61. The average Bonchev–Trinajstić information content (AvgIpc) is 2.66. The third kappa shape index (κ3) is 2.64. The van der Waals surface area contributed by atoms with Crippen molar-refractivity contribution in [2.45, 2.75) is 26.3 Å². The molecule has 0 aromatic carbocycles. The molecule has 88 valence electrons. The molecule has 4 nitrogen and oxygen atoms in total. The van der Waals surface area contributed by atoms with Crippen molar-refractivity contribution >= 4 is 5.91 Å². The second-order valence-corrected chi connectivity index (χ2v) is 4.61. The third-order valence-corrected chi connectivity index (χ3v) is 3.03.